The molecule has 0 atom stereocenters. The zero-order valence-electron chi connectivity index (χ0n) is 13.5. The van der Waals surface area contributed by atoms with Crippen molar-refractivity contribution in [2.75, 3.05) is 5.32 Å². The molecule has 0 aliphatic rings. The number of nitrogens with zero attached hydrogens (tertiary/aromatic N) is 2. The Kier molecular flexibility index (Phi) is 4.67. The van der Waals surface area contributed by atoms with E-state index < -0.39 is 17.5 Å². The third kappa shape index (κ3) is 3.58. The predicted octanol–water partition coefficient (Wildman–Crippen LogP) is 5.65. The Morgan fingerprint density at radius 1 is 1.04 bits per heavy atom. The maximum Gasteiger partial charge on any atom is 0.265 e. The number of hydrogen-bond donors (Lipinski definition) is 1. The molecule has 2 heterocycles. The Morgan fingerprint density at radius 2 is 1.89 bits per heavy atom. The van der Waals surface area contributed by atoms with Gasteiger partial charge in [0, 0.05) is 15.9 Å². The molecule has 0 aliphatic carbocycles. The molecule has 27 heavy (non-hydrogen) atoms. The van der Waals surface area contributed by atoms with Crippen molar-refractivity contribution in [3.05, 3.63) is 75.8 Å². The van der Waals surface area contributed by atoms with Crippen molar-refractivity contribution in [3.8, 4) is 10.6 Å². The largest absolute Gasteiger partial charge is 0.319 e. The summed E-state index contributed by atoms with van der Waals surface area (Å²) in [4.78, 5) is 22.2. The van der Waals surface area contributed by atoms with E-state index in [1.807, 2.05) is 18.2 Å². The van der Waals surface area contributed by atoms with Crippen LogP contribution >= 0.6 is 27.3 Å². The number of rotatable bonds is 3. The summed E-state index contributed by atoms with van der Waals surface area (Å²) in [6.45, 7) is 0. The van der Waals surface area contributed by atoms with Crippen molar-refractivity contribution in [2.24, 2.45) is 0 Å². The lowest BCUT2D eigenvalue weighted by Crippen LogP contribution is -2.11. The molecule has 1 amide bonds. The van der Waals surface area contributed by atoms with E-state index in [4.69, 9.17) is 0 Å². The third-order valence-corrected chi connectivity index (χ3v) is 5.42. The van der Waals surface area contributed by atoms with E-state index in [2.05, 4.69) is 31.2 Å². The molecule has 0 fully saturated rings. The number of carbonyl (C=O) groups excluding carboxylic acids is 1. The van der Waals surface area contributed by atoms with Crippen LogP contribution in [0.3, 0.4) is 0 Å². The fourth-order valence-electron chi connectivity index (χ4n) is 2.59. The molecule has 0 bridgehead atoms. The minimum Gasteiger partial charge on any atom is -0.319 e. The predicted molar refractivity (Wildman–Crippen MR) is 105 cm³/mol. The van der Waals surface area contributed by atoms with Crippen LogP contribution in [0.2, 0.25) is 0 Å². The number of fused-ring (bicyclic) bond motifs is 1. The van der Waals surface area contributed by atoms with Crippen LogP contribution in [-0.4, -0.2) is 15.9 Å². The van der Waals surface area contributed by atoms with Crippen LogP contribution in [0.25, 0.3) is 21.5 Å². The number of hydrogen-bond acceptors (Lipinski definition) is 4. The molecular formula is C19H10BrF2N3OS. The highest BCUT2D eigenvalue weighted by atomic mass is 79.9. The number of carbonyl (C=O) groups is 1. The van der Waals surface area contributed by atoms with Gasteiger partial charge in [0.25, 0.3) is 5.91 Å². The van der Waals surface area contributed by atoms with Crippen molar-refractivity contribution in [3.63, 3.8) is 0 Å². The van der Waals surface area contributed by atoms with Crippen LogP contribution in [0, 0.1) is 11.6 Å². The summed E-state index contributed by atoms with van der Waals surface area (Å²) in [7, 11) is 0. The molecule has 0 saturated carbocycles. The zero-order valence-corrected chi connectivity index (χ0v) is 15.9. The van der Waals surface area contributed by atoms with E-state index in [1.165, 1.54) is 23.7 Å². The molecule has 8 heteroatoms. The minimum absolute atomic E-state index is 0.0761. The Hall–Kier alpha value is -2.71. The highest BCUT2D eigenvalue weighted by Crippen LogP contribution is 2.33. The van der Waals surface area contributed by atoms with Crippen molar-refractivity contribution in [1.29, 1.82) is 0 Å². The molecule has 2 aromatic heterocycles. The van der Waals surface area contributed by atoms with Crippen LogP contribution in [0.15, 0.2) is 59.3 Å². The van der Waals surface area contributed by atoms with E-state index in [0.29, 0.717) is 10.6 Å². The Balaban J connectivity index is 1.66. The molecule has 0 saturated heterocycles. The summed E-state index contributed by atoms with van der Waals surface area (Å²) >= 11 is 4.67. The monoisotopic (exact) mass is 445 g/mol. The van der Waals surface area contributed by atoms with Crippen LogP contribution in [-0.2, 0) is 0 Å². The van der Waals surface area contributed by atoms with Crippen LogP contribution < -0.4 is 5.32 Å². The Morgan fingerprint density at radius 3 is 2.70 bits per heavy atom. The second-order valence-electron chi connectivity index (χ2n) is 5.63. The first-order valence-electron chi connectivity index (χ1n) is 7.78. The number of benzene rings is 2. The first kappa shape index (κ1) is 17.7. The molecule has 0 unspecified atom stereocenters. The lowest BCUT2D eigenvalue weighted by atomic mass is 10.1. The van der Waals surface area contributed by atoms with Gasteiger partial charge in [0.05, 0.1) is 26.7 Å². The maximum absolute atomic E-state index is 13.7. The van der Waals surface area contributed by atoms with E-state index in [9.17, 15) is 13.6 Å². The topological polar surface area (TPSA) is 54.9 Å². The van der Waals surface area contributed by atoms with Crippen LogP contribution in [0.1, 0.15) is 9.67 Å². The van der Waals surface area contributed by atoms with Crippen molar-refractivity contribution < 1.29 is 13.6 Å². The zero-order chi connectivity index (χ0) is 19.0. The summed E-state index contributed by atoms with van der Waals surface area (Å²) in [6.07, 6.45) is 1.47. The molecule has 4 rings (SSSR count). The van der Waals surface area contributed by atoms with Crippen molar-refractivity contribution in [1.82, 2.24) is 9.97 Å². The van der Waals surface area contributed by atoms with Gasteiger partial charge in [-0.1, -0.05) is 15.9 Å². The fourth-order valence-corrected chi connectivity index (χ4v) is 3.86. The highest BCUT2D eigenvalue weighted by Gasteiger charge is 2.15. The van der Waals surface area contributed by atoms with Gasteiger partial charge in [-0.15, -0.1) is 11.3 Å². The third-order valence-electron chi connectivity index (χ3n) is 3.84. The number of aromatic nitrogens is 2. The van der Waals surface area contributed by atoms with Gasteiger partial charge in [0.2, 0.25) is 0 Å². The summed E-state index contributed by atoms with van der Waals surface area (Å²) in [5.74, 6) is -2.01. The normalized spacial score (nSPS) is 10.9. The SMILES string of the molecule is O=C(Nc1ccc(F)cc1F)c1ccc(-c2ncnc3ccc(Br)cc23)s1. The van der Waals surface area contributed by atoms with Gasteiger partial charge in [-0.05, 0) is 42.5 Å². The van der Waals surface area contributed by atoms with Gasteiger partial charge in [0.15, 0.2) is 0 Å². The number of thiophene rings is 1. The molecule has 0 aliphatic heterocycles. The molecule has 4 aromatic rings. The quantitative estimate of drug-likeness (QED) is 0.443. The number of anilines is 1. The van der Waals surface area contributed by atoms with Gasteiger partial charge in [-0.25, -0.2) is 18.7 Å². The summed E-state index contributed by atoms with van der Waals surface area (Å²) in [5, 5.41) is 3.31. The molecule has 134 valence electrons. The van der Waals surface area contributed by atoms with Crippen molar-refractivity contribution in [2.45, 2.75) is 0 Å². The standard InChI is InChI=1S/C19H10BrF2N3OS/c20-10-1-3-14-12(7-10)18(24-9-23-14)16-5-6-17(27-16)19(26)25-15-4-2-11(21)8-13(15)22/h1-9H,(H,25,26). The molecule has 0 radical (unpaired) electrons. The minimum atomic E-state index is -0.827. The Labute approximate surface area is 165 Å². The summed E-state index contributed by atoms with van der Waals surface area (Å²) in [6, 6.07) is 12.1. The molecular weight excluding hydrogens is 436 g/mol. The molecule has 1 N–H and O–H groups in total. The number of amides is 1. The van der Waals surface area contributed by atoms with E-state index in [-0.39, 0.29) is 5.69 Å². The smallest absolute Gasteiger partial charge is 0.265 e. The Bertz CT molecular complexity index is 1180. The second kappa shape index (κ2) is 7.13. The lowest BCUT2D eigenvalue weighted by molar-refractivity contribution is 0.103. The van der Waals surface area contributed by atoms with E-state index in [0.717, 1.165) is 32.4 Å². The molecule has 0 spiro atoms. The summed E-state index contributed by atoms with van der Waals surface area (Å²) < 4.78 is 27.6. The van der Waals surface area contributed by atoms with Gasteiger partial charge < -0.3 is 5.32 Å². The van der Waals surface area contributed by atoms with Gasteiger partial charge in [-0.2, -0.15) is 0 Å². The fraction of sp³-hybridized carbons (Fsp3) is 0. The van der Waals surface area contributed by atoms with Gasteiger partial charge >= 0.3 is 0 Å². The summed E-state index contributed by atoms with van der Waals surface area (Å²) in [5.41, 5.74) is 1.42. The molecule has 2 aromatic carbocycles. The van der Waals surface area contributed by atoms with Gasteiger partial charge in [0.1, 0.15) is 18.0 Å². The average molecular weight is 446 g/mol. The lowest BCUT2D eigenvalue weighted by Gasteiger charge is -2.05. The van der Waals surface area contributed by atoms with Crippen molar-refractivity contribution >= 4 is 49.8 Å². The first-order chi connectivity index (χ1) is 13.0. The molecule has 4 nitrogen and oxygen atoms in total. The van der Waals surface area contributed by atoms with Crippen LogP contribution in [0.5, 0.6) is 0 Å². The maximum atomic E-state index is 13.7. The van der Waals surface area contributed by atoms with Crippen LogP contribution in [0.4, 0.5) is 14.5 Å². The second-order valence-corrected chi connectivity index (χ2v) is 7.63. The number of nitrogens with one attached hydrogen (secondary N) is 1. The highest BCUT2D eigenvalue weighted by molar-refractivity contribution is 9.10. The van der Waals surface area contributed by atoms with E-state index in [1.54, 1.807) is 12.1 Å². The average Bonchev–Trinajstić information content (AvgIpc) is 3.13. The first-order valence-corrected chi connectivity index (χ1v) is 9.39. The van der Waals surface area contributed by atoms with E-state index >= 15 is 0 Å². The van der Waals surface area contributed by atoms with Gasteiger partial charge in [-0.3, -0.25) is 4.79 Å². The number of halogens is 3.